The van der Waals surface area contributed by atoms with Crippen LogP contribution in [0.15, 0.2) is 23.0 Å². The van der Waals surface area contributed by atoms with E-state index in [1.165, 1.54) is 23.3 Å². The van der Waals surface area contributed by atoms with E-state index in [1.54, 1.807) is 25.1 Å². The van der Waals surface area contributed by atoms with Gasteiger partial charge in [0, 0.05) is 10.6 Å². The second kappa shape index (κ2) is 7.52. The van der Waals surface area contributed by atoms with Gasteiger partial charge in [0.25, 0.3) is 5.56 Å². The molecule has 0 fully saturated rings. The van der Waals surface area contributed by atoms with Crippen LogP contribution in [0.4, 0.5) is 5.69 Å². The van der Waals surface area contributed by atoms with E-state index in [-0.39, 0.29) is 11.5 Å². The van der Waals surface area contributed by atoms with Gasteiger partial charge in [0.1, 0.15) is 11.8 Å². The lowest BCUT2D eigenvalue weighted by molar-refractivity contribution is -0.119. The van der Waals surface area contributed by atoms with Crippen molar-refractivity contribution in [3.8, 4) is 5.75 Å². The number of hydrogen-bond acceptors (Lipinski definition) is 6. The average molecular weight is 419 g/mol. The van der Waals surface area contributed by atoms with Crippen molar-refractivity contribution in [1.82, 2.24) is 15.0 Å². The number of methoxy groups -OCH3 is 1. The molecule has 1 aliphatic carbocycles. The first kappa shape index (κ1) is 18.9. The van der Waals surface area contributed by atoms with E-state index >= 15 is 0 Å². The number of carbonyl (C=O) groups excluding carboxylic acids is 1. The Morgan fingerprint density at radius 3 is 2.89 bits per heavy atom. The molecule has 28 heavy (non-hydrogen) atoms. The molecular weight excluding hydrogens is 400 g/mol. The molecule has 4 rings (SSSR count). The summed E-state index contributed by atoms with van der Waals surface area (Å²) >= 11 is 7.64. The average Bonchev–Trinajstić information content (AvgIpc) is 3.07. The lowest BCUT2D eigenvalue weighted by Gasteiger charge is -2.14. The van der Waals surface area contributed by atoms with Gasteiger partial charge in [-0.05, 0) is 56.4 Å². The molecule has 146 valence electrons. The Labute approximate surface area is 170 Å². The maximum Gasteiger partial charge on any atom is 0.279 e. The predicted molar refractivity (Wildman–Crippen MR) is 110 cm³/mol. The number of nitrogens with one attached hydrogen (secondary N) is 1. The number of anilines is 1. The van der Waals surface area contributed by atoms with E-state index in [0.29, 0.717) is 26.7 Å². The molecule has 1 amide bonds. The van der Waals surface area contributed by atoms with Crippen LogP contribution in [0, 0.1) is 0 Å². The summed E-state index contributed by atoms with van der Waals surface area (Å²) in [5, 5.41) is 12.0. The zero-order chi connectivity index (χ0) is 19.8. The number of rotatable bonds is 4. The third-order valence-corrected chi connectivity index (χ3v) is 6.44. The first-order chi connectivity index (χ1) is 13.5. The summed E-state index contributed by atoms with van der Waals surface area (Å²) in [7, 11) is 1.52. The number of aryl methyl sites for hydroxylation is 2. The molecule has 3 aromatic rings. The van der Waals surface area contributed by atoms with Gasteiger partial charge in [-0.25, -0.2) is 0 Å². The van der Waals surface area contributed by atoms with Crippen molar-refractivity contribution in [3.05, 3.63) is 44.0 Å². The van der Waals surface area contributed by atoms with Crippen LogP contribution in [0.5, 0.6) is 5.75 Å². The minimum atomic E-state index is -0.815. The van der Waals surface area contributed by atoms with Gasteiger partial charge in [0.15, 0.2) is 4.83 Å². The Bertz CT molecular complexity index is 1120. The van der Waals surface area contributed by atoms with E-state index in [9.17, 15) is 9.59 Å². The highest BCUT2D eigenvalue weighted by Crippen LogP contribution is 2.33. The summed E-state index contributed by atoms with van der Waals surface area (Å²) in [5.41, 5.74) is 1.33. The minimum Gasteiger partial charge on any atom is -0.495 e. The fourth-order valence-corrected chi connectivity index (χ4v) is 4.90. The second-order valence-electron chi connectivity index (χ2n) is 6.74. The molecular formula is C19H19ClN4O3S. The van der Waals surface area contributed by atoms with Crippen molar-refractivity contribution in [2.24, 2.45) is 0 Å². The molecule has 0 saturated carbocycles. The highest BCUT2D eigenvalue weighted by molar-refractivity contribution is 7.18. The van der Waals surface area contributed by atoms with Gasteiger partial charge in [-0.15, -0.1) is 16.4 Å². The number of aromatic nitrogens is 3. The molecule has 1 N–H and O–H groups in total. The molecule has 1 aromatic carbocycles. The molecule has 7 nitrogen and oxygen atoms in total. The Morgan fingerprint density at radius 2 is 2.14 bits per heavy atom. The number of nitrogens with zero attached hydrogens (tertiary/aromatic N) is 3. The number of amides is 1. The maximum absolute atomic E-state index is 13.0. The van der Waals surface area contributed by atoms with E-state index in [2.05, 4.69) is 15.6 Å². The Kier molecular flexibility index (Phi) is 5.07. The fraction of sp³-hybridized carbons (Fsp3) is 0.368. The third kappa shape index (κ3) is 3.27. The van der Waals surface area contributed by atoms with Crippen LogP contribution >= 0.6 is 22.9 Å². The fourth-order valence-electron chi connectivity index (χ4n) is 3.44. The molecule has 0 aliphatic heterocycles. The van der Waals surface area contributed by atoms with Gasteiger partial charge >= 0.3 is 0 Å². The van der Waals surface area contributed by atoms with E-state index in [1.807, 2.05) is 0 Å². The maximum atomic E-state index is 13.0. The highest BCUT2D eigenvalue weighted by atomic mass is 35.5. The lowest BCUT2D eigenvalue weighted by Crippen LogP contribution is -2.34. The number of ether oxygens (including phenoxy) is 1. The number of hydrogen-bond donors (Lipinski definition) is 1. The Hall–Kier alpha value is -2.45. The van der Waals surface area contributed by atoms with Crippen LogP contribution in [-0.2, 0) is 17.6 Å². The second-order valence-corrected chi connectivity index (χ2v) is 8.24. The quantitative estimate of drug-likeness (QED) is 0.699. The van der Waals surface area contributed by atoms with Gasteiger partial charge in [0.05, 0.1) is 17.5 Å². The number of thiophene rings is 1. The molecule has 0 radical (unpaired) electrons. The summed E-state index contributed by atoms with van der Waals surface area (Å²) in [6.07, 6.45) is 4.05. The van der Waals surface area contributed by atoms with Crippen molar-refractivity contribution >= 4 is 44.7 Å². The molecule has 0 spiro atoms. The molecule has 0 bridgehead atoms. The normalized spacial score (nSPS) is 14.5. The topological polar surface area (TPSA) is 86.1 Å². The summed E-state index contributed by atoms with van der Waals surface area (Å²) in [6, 6.07) is 4.13. The van der Waals surface area contributed by atoms with Gasteiger partial charge in [-0.2, -0.15) is 4.68 Å². The van der Waals surface area contributed by atoms with E-state index < -0.39 is 6.04 Å². The van der Waals surface area contributed by atoms with Crippen molar-refractivity contribution in [3.63, 3.8) is 0 Å². The zero-order valence-electron chi connectivity index (χ0n) is 15.5. The minimum absolute atomic E-state index is 0.264. The predicted octanol–water partition coefficient (Wildman–Crippen LogP) is 3.59. The van der Waals surface area contributed by atoms with Gasteiger partial charge < -0.3 is 10.1 Å². The first-order valence-electron chi connectivity index (χ1n) is 9.03. The van der Waals surface area contributed by atoms with Crippen LogP contribution in [0.3, 0.4) is 0 Å². The number of halogens is 1. The monoisotopic (exact) mass is 418 g/mol. The summed E-state index contributed by atoms with van der Waals surface area (Å²) < 4.78 is 6.27. The Balaban J connectivity index is 1.64. The van der Waals surface area contributed by atoms with Crippen molar-refractivity contribution < 1.29 is 9.53 Å². The van der Waals surface area contributed by atoms with Crippen LogP contribution in [-0.4, -0.2) is 28.0 Å². The Morgan fingerprint density at radius 1 is 1.36 bits per heavy atom. The lowest BCUT2D eigenvalue weighted by atomic mass is 9.97. The third-order valence-electron chi connectivity index (χ3n) is 4.97. The van der Waals surface area contributed by atoms with Crippen molar-refractivity contribution in [2.75, 3.05) is 12.4 Å². The van der Waals surface area contributed by atoms with Gasteiger partial charge in [0.2, 0.25) is 5.91 Å². The molecule has 2 aromatic heterocycles. The highest BCUT2D eigenvalue weighted by Gasteiger charge is 2.24. The standard InChI is InChI=1S/C19H19ClN4O3S/c1-10(17(25)21-11-7-8-14(27-2)13(20)9-11)24-19(26)16-12-5-3-4-6-15(12)28-18(16)22-23-24/h7-10H,3-6H2,1-2H3,(H,21,25)/t10-/m0/s1. The van der Waals surface area contributed by atoms with Crippen LogP contribution in [0.2, 0.25) is 5.02 Å². The summed E-state index contributed by atoms with van der Waals surface area (Å²) in [4.78, 5) is 27.6. The zero-order valence-corrected chi connectivity index (χ0v) is 17.1. The summed E-state index contributed by atoms with van der Waals surface area (Å²) in [5.74, 6) is 0.142. The number of fused-ring (bicyclic) bond motifs is 3. The number of carbonyl (C=O) groups is 1. The molecule has 9 heteroatoms. The molecule has 0 unspecified atom stereocenters. The van der Waals surface area contributed by atoms with Crippen LogP contribution < -0.4 is 15.6 Å². The van der Waals surface area contributed by atoms with Crippen LogP contribution in [0.25, 0.3) is 10.2 Å². The molecule has 1 aliphatic rings. The van der Waals surface area contributed by atoms with Crippen molar-refractivity contribution in [1.29, 1.82) is 0 Å². The van der Waals surface area contributed by atoms with Gasteiger partial charge in [-0.3, -0.25) is 9.59 Å². The number of benzene rings is 1. The molecule has 0 saturated heterocycles. The molecule has 2 heterocycles. The largest absolute Gasteiger partial charge is 0.495 e. The smallest absolute Gasteiger partial charge is 0.279 e. The van der Waals surface area contributed by atoms with E-state index in [0.717, 1.165) is 35.9 Å². The first-order valence-corrected chi connectivity index (χ1v) is 10.2. The van der Waals surface area contributed by atoms with Crippen molar-refractivity contribution in [2.45, 2.75) is 38.6 Å². The van der Waals surface area contributed by atoms with Crippen LogP contribution in [0.1, 0.15) is 36.2 Å². The SMILES string of the molecule is COc1ccc(NC(=O)[C@H](C)n2nnc3sc4c(c3c2=O)CCCC4)cc1Cl. The van der Waals surface area contributed by atoms with Gasteiger partial charge in [-0.1, -0.05) is 16.8 Å². The van der Waals surface area contributed by atoms with E-state index in [4.69, 9.17) is 16.3 Å². The summed E-state index contributed by atoms with van der Waals surface area (Å²) in [6.45, 7) is 1.63. The molecule has 1 atom stereocenters.